The minimum Gasteiger partial charge on any atom is -0.480 e. The lowest BCUT2D eigenvalue weighted by atomic mass is 10.00. The van der Waals surface area contributed by atoms with Crippen molar-refractivity contribution in [3.8, 4) is 0 Å². The maximum atomic E-state index is 13.4. The number of aliphatic hydroxyl groups is 2. The van der Waals surface area contributed by atoms with E-state index in [4.69, 9.17) is 17.2 Å². The molecule has 20 nitrogen and oxygen atoms in total. The van der Waals surface area contributed by atoms with Crippen LogP contribution in [0.3, 0.4) is 0 Å². The van der Waals surface area contributed by atoms with Crippen molar-refractivity contribution < 1.29 is 48.9 Å². The van der Waals surface area contributed by atoms with Crippen molar-refractivity contribution in [1.82, 2.24) is 31.5 Å². The number of aliphatic hydroxyl groups excluding tert-OH is 2. The number of carbonyl (C=O) groups excluding carboxylic acids is 6. The number of amides is 6. The van der Waals surface area contributed by atoms with Crippen LogP contribution < -0.4 is 43.8 Å². The molecule has 50 heavy (non-hydrogen) atoms. The highest BCUT2D eigenvalue weighted by atomic mass is 16.4. The normalized spacial score (nSPS) is 17.1. The van der Waals surface area contributed by atoms with Gasteiger partial charge in [-0.2, -0.15) is 0 Å². The van der Waals surface area contributed by atoms with Gasteiger partial charge in [0, 0.05) is 13.1 Å². The lowest BCUT2D eigenvalue weighted by molar-refractivity contribution is -0.148. The van der Waals surface area contributed by atoms with Crippen molar-refractivity contribution in [3.05, 3.63) is 0 Å². The van der Waals surface area contributed by atoms with Gasteiger partial charge in [0.25, 0.3) is 0 Å². The molecule has 1 aliphatic rings. The molecule has 1 rings (SSSR count). The summed E-state index contributed by atoms with van der Waals surface area (Å²) in [5.41, 5.74) is 16.7. The molecule has 1 saturated heterocycles. The smallest absolute Gasteiger partial charge is 0.326 e. The fourth-order valence-corrected chi connectivity index (χ4v) is 4.96. The Morgan fingerprint density at radius 2 is 1.32 bits per heavy atom. The summed E-state index contributed by atoms with van der Waals surface area (Å²) in [4.78, 5) is 93.9. The molecule has 1 aliphatic heterocycles. The van der Waals surface area contributed by atoms with E-state index >= 15 is 0 Å². The van der Waals surface area contributed by atoms with Crippen LogP contribution >= 0.6 is 0 Å². The molecule has 0 aliphatic carbocycles. The summed E-state index contributed by atoms with van der Waals surface area (Å²) in [6.45, 7) is 4.97. The number of nitrogens with two attached hydrogens (primary N) is 3. The van der Waals surface area contributed by atoms with E-state index in [2.05, 4.69) is 31.6 Å². The number of aliphatic carboxylic acids is 1. The second-order valence-corrected chi connectivity index (χ2v) is 12.8. The number of hydrogen-bond donors (Lipinski definition) is 11. The zero-order chi connectivity index (χ0) is 38.1. The molecule has 0 saturated carbocycles. The van der Waals surface area contributed by atoms with Gasteiger partial charge in [-0.05, 0) is 43.9 Å². The van der Waals surface area contributed by atoms with Gasteiger partial charge in [0.1, 0.15) is 30.2 Å². The number of carboxylic acid groups (broad SMARTS) is 1. The third-order valence-corrected chi connectivity index (χ3v) is 7.84. The Hall–Kier alpha value is -4.56. The number of hydrogen-bond acceptors (Lipinski definition) is 11. The maximum absolute atomic E-state index is 13.4. The standard InChI is InChI=1S/C30H54N10O10/c1-15(2)11-18(37-28(48)23(31)16(3)4)26(46)36-17(7-5-9-34-30(32)33)25(45)39-20(14-42)27(47)38-19(13-41)24(44)35-12-22(43)40-10-6-8-21(40)29(49)50/h15-21,23,41-42H,5-14,31H2,1-4H3,(H,35,44)(H,36,46)(H,37,48)(H,38,47)(H,39,45)(H,49,50)(H4,32,33,34)/t17-,18-,19-,20-,21-,23-/m0/s1. The number of nitrogens with one attached hydrogen (secondary N) is 5. The van der Waals surface area contributed by atoms with Gasteiger partial charge in [-0.1, -0.05) is 27.7 Å². The van der Waals surface area contributed by atoms with Crippen LogP contribution in [0.2, 0.25) is 0 Å². The monoisotopic (exact) mass is 714 g/mol. The van der Waals surface area contributed by atoms with Crippen LogP contribution in [0, 0.1) is 11.8 Å². The number of rotatable bonds is 21. The fourth-order valence-electron chi connectivity index (χ4n) is 4.96. The SMILES string of the molecule is CC(C)C[C@H](NC(=O)[C@@H](N)C(C)C)C(=O)N[C@@H](CCCN=C(N)N)C(=O)N[C@@H](CO)C(=O)N[C@@H](CO)C(=O)NCC(=O)N1CCC[C@H]1C(=O)O. The van der Waals surface area contributed by atoms with Gasteiger partial charge in [-0.15, -0.1) is 0 Å². The largest absolute Gasteiger partial charge is 0.480 e. The van der Waals surface area contributed by atoms with E-state index < -0.39 is 97.4 Å². The Kier molecular flexibility index (Phi) is 18.7. The van der Waals surface area contributed by atoms with Gasteiger partial charge in [0.05, 0.1) is 25.8 Å². The number of carbonyl (C=O) groups is 7. The zero-order valence-electron chi connectivity index (χ0n) is 29.0. The van der Waals surface area contributed by atoms with Crippen LogP contribution in [0.4, 0.5) is 0 Å². The molecule has 0 bridgehead atoms. The van der Waals surface area contributed by atoms with E-state index in [1.165, 1.54) is 0 Å². The minimum atomic E-state index is -1.65. The van der Waals surface area contributed by atoms with E-state index in [9.17, 15) is 48.9 Å². The molecule has 6 atom stereocenters. The van der Waals surface area contributed by atoms with E-state index in [-0.39, 0.29) is 56.6 Å². The number of guanidine groups is 1. The maximum Gasteiger partial charge on any atom is 0.326 e. The topological polar surface area (TPSA) is 334 Å². The first-order chi connectivity index (χ1) is 23.4. The second-order valence-electron chi connectivity index (χ2n) is 12.8. The highest BCUT2D eigenvalue weighted by Crippen LogP contribution is 2.17. The number of likely N-dealkylation sites (tertiary alicyclic amines) is 1. The molecule has 14 N–H and O–H groups in total. The van der Waals surface area contributed by atoms with Crippen LogP contribution in [-0.4, -0.2) is 137 Å². The van der Waals surface area contributed by atoms with E-state index in [1.807, 2.05) is 13.8 Å². The molecule has 6 amide bonds. The van der Waals surface area contributed by atoms with Gasteiger partial charge < -0.3 is 64.0 Å². The van der Waals surface area contributed by atoms with Gasteiger partial charge in [0.15, 0.2) is 5.96 Å². The third-order valence-electron chi connectivity index (χ3n) is 7.84. The molecule has 0 unspecified atom stereocenters. The first-order valence-electron chi connectivity index (χ1n) is 16.5. The summed E-state index contributed by atoms with van der Waals surface area (Å²) in [5, 5.41) is 40.9. The lowest BCUT2D eigenvalue weighted by Gasteiger charge is -2.27. The fraction of sp³-hybridized carbons (Fsp3) is 0.733. The van der Waals surface area contributed by atoms with Crippen LogP contribution in [0.15, 0.2) is 4.99 Å². The van der Waals surface area contributed by atoms with Crippen LogP contribution in [0.25, 0.3) is 0 Å². The molecule has 0 radical (unpaired) electrons. The first-order valence-corrected chi connectivity index (χ1v) is 16.5. The first kappa shape index (κ1) is 43.5. The Morgan fingerprint density at radius 1 is 0.800 bits per heavy atom. The average Bonchev–Trinajstić information content (AvgIpc) is 3.55. The molecule has 20 heteroatoms. The Balaban J connectivity index is 3.02. The molecule has 1 heterocycles. The molecule has 0 aromatic heterocycles. The Labute approximate surface area is 290 Å². The number of aliphatic imine (C=N–C) groups is 1. The van der Waals surface area contributed by atoms with Crippen molar-refractivity contribution in [1.29, 1.82) is 0 Å². The number of nitrogens with zero attached hydrogens (tertiary/aromatic N) is 2. The summed E-state index contributed by atoms with van der Waals surface area (Å²) in [5.74, 6) is -6.52. The van der Waals surface area contributed by atoms with Gasteiger partial charge in [-0.25, -0.2) is 4.79 Å². The molecule has 0 spiro atoms. The summed E-state index contributed by atoms with van der Waals surface area (Å²) < 4.78 is 0. The predicted octanol–water partition coefficient (Wildman–Crippen LogP) is -4.82. The van der Waals surface area contributed by atoms with Crippen LogP contribution in [-0.2, 0) is 33.6 Å². The summed E-state index contributed by atoms with van der Waals surface area (Å²) >= 11 is 0. The average molecular weight is 715 g/mol. The molecule has 0 aromatic rings. The third kappa shape index (κ3) is 14.5. The summed E-state index contributed by atoms with van der Waals surface area (Å²) in [6, 6.07) is -7.54. The molecule has 0 aromatic carbocycles. The van der Waals surface area contributed by atoms with Crippen molar-refractivity contribution in [2.24, 2.45) is 34.0 Å². The predicted molar refractivity (Wildman–Crippen MR) is 179 cm³/mol. The van der Waals surface area contributed by atoms with Crippen molar-refractivity contribution >= 4 is 47.4 Å². The van der Waals surface area contributed by atoms with Gasteiger partial charge in [0.2, 0.25) is 35.4 Å². The summed E-state index contributed by atoms with van der Waals surface area (Å²) in [6.07, 6.45) is 1.12. The van der Waals surface area contributed by atoms with Crippen molar-refractivity contribution in [2.75, 3.05) is 32.8 Å². The number of carboxylic acids is 1. The van der Waals surface area contributed by atoms with E-state index in [1.54, 1.807) is 13.8 Å². The molecule has 1 fully saturated rings. The summed E-state index contributed by atoms with van der Waals surface area (Å²) in [7, 11) is 0. The van der Waals surface area contributed by atoms with Gasteiger partial charge >= 0.3 is 5.97 Å². The van der Waals surface area contributed by atoms with Gasteiger partial charge in [-0.3, -0.25) is 33.8 Å². The van der Waals surface area contributed by atoms with Crippen molar-refractivity contribution in [2.45, 2.75) is 96.1 Å². The highest BCUT2D eigenvalue weighted by Gasteiger charge is 2.35. The highest BCUT2D eigenvalue weighted by molar-refractivity contribution is 5.96. The molecular weight excluding hydrogens is 660 g/mol. The van der Waals surface area contributed by atoms with Crippen LogP contribution in [0.1, 0.15) is 59.8 Å². The molecular formula is C30H54N10O10. The zero-order valence-corrected chi connectivity index (χ0v) is 29.0. The second kappa shape index (κ2) is 21.5. The molecule has 284 valence electrons. The quantitative estimate of drug-likeness (QED) is 0.0302. The Bertz CT molecular complexity index is 1230. The van der Waals surface area contributed by atoms with E-state index in [0.717, 1.165) is 4.90 Å². The van der Waals surface area contributed by atoms with Crippen molar-refractivity contribution in [3.63, 3.8) is 0 Å². The van der Waals surface area contributed by atoms with E-state index in [0.29, 0.717) is 6.42 Å². The Morgan fingerprint density at radius 3 is 1.84 bits per heavy atom. The van der Waals surface area contributed by atoms with Crippen LogP contribution in [0.5, 0.6) is 0 Å². The minimum absolute atomic E-state index is 0.0303. The lowest BCUT2D eigenvalue weighted by Crippen LogP contribution is -2.60.